The monoisotopic (exact) mass is 136 g/mol. The van der Waals surface area contributed by atoms with Gasteiger partial charge in [-0.2, -0.15) is 0 Å². The Labute approximate surface area is 53.7 Å². The third kappa shape index (κ3) is 3.93. The molecule has 0 spiro atoms. The Kier molecular flexibility index (Phi) is 5.34. The van der Waals surface area contributed by atoms with Crippen molar-refractivity contribution in [2.45, 2.75) is 20.6 Å². The average molecular weight is 136 g/mol. The summed E-state index contributed by atoms with van der Waals surface area (Å²) in [7, 11) is 0. The van der Waals surface area contributed by atoms with E-state index in [1.807, 2.05) is 0 Å². The number of carboxylic acid groups (broad SMARTS) is 1. The minimum atomic E-state index is -1.76. The Morgan fingerprint density at radius 1 is 1.44 bits per heavy atom. The van der Waals surface area contributed by atoms with Gasteiger partial charge in [0.1, 0.15) is 5.92 Å². The van der Waals surface area contributed by atoms with Crippen molar-refractivity contribution in [1.82, 2.24) is 0 Å². The first-order valence-corrected chi connectivity index (χ1v) is 2.14. The minimum absolute atomic E-state index is 0. The van der Waals surface area contributed by atoms with Crippen LogP contribution in [0, 0.1) is 5.92 Å². The van der Waals surface area contributed by atoms with Gasteiger partial charge in [0.2, 0.25) is 0 Å². The summed E-state index contributed by atoms with van der Waals surface area (Å²) in [4.78, 5) is 9.82. The molecule has 0 bridgehead atoms. The summed E-state index contributed by atoms with van der Waals surface area (Å²) in [6, 6.07) is 0. The molecule has 0 amide bonds. The average Bonchev–Trinajstić information content (AvgIpc) is 1.64. The predicted molar refractivity (Wildman–Crippen MR) is 31.8 cm³/mol. The number of aliphatic carboxylic acids is 1. The van der Waals surface area contributed by atoms with E-state index in [9.17, 15) is 4.79 Å². The number of aliphatic hydroxyl groups excluding tert-OH is 1. The molecular weight excluding hydrogens is 124 g/mol. The van der Waals surface area contributed by atoms with Crippen LogP contribution >= 0.6 is 0 Å². The normalized spacial score (nSPS) is 12.4. The maximum absolute atomic E-state index is 9.82. The first-order chi connectivity index (χ1) is 3.55. The SMILES string of the molecule is C.CC(C(=O)O)C(O)O. The van der Waals surface area contributed by atoms with Crippen molar-refractivity contribution in [3.8, 4) is 0 Å². The second-order valence-electron chi connectivity index (χ2n) is 1.54. The molecule has 0 aromatic rings. The lowest BCUT2D eigenvalue weighted by Crippen LogP contribution is -2.24. The van der Waals surface area contributed by atoms with Gasteiger partial charge in [-0.3, -0.25) is 4.79 Å². The van der Waals surface area contributed by atoms with E-state index in [1.165, 1.54) is 6.92 Å². The van der Waals surface area contributed by atoms with Gasteiger partial charge < -0.3 is 15.3 Å². The molecule has 0 heterocycles. The van der Waals surface area contributed by atoms with E-state index in [-0.39, 0.29) is 7.43 Å². The molecule has 0 fully saturated rings. The number of carboxylic acids is 1. The highest BCUT2D eigenvalue weighted by atomic mass is 16.5. The predicted octanol–water partition coefficient (Wildman–Crippen LogP) is -0.346. The molecule has 0 aliphatic heterocycles. The summed E-state index contributed by atoms with van der Waals surface area (Å²) in [6.45, 7) is 1.22. The molecule has 1 atom stereocenters. The molecular formula is C5H12O4. The number of hydrogen-bond acceptors (Lipinski definition) is 3. The van der Waals surface area contributed by atoms with E-state index < -0.39 is 18.2 Å². The van der Waals surface area contributed by atoms with Crippen LogP contribution in [0.15, 0.2) is 0 Å². The van der Waals surface area contributed by atoms with Gasteiger partial charge in [-0.25, -0.2) is 0 Å². The second-order valence-corrected chi connectivity index (χ2v) is 1.54. The van der Waals surface area contributed by atoms with Crippen molar-refractivity contribution in [2.75, 3.05) is 0 Å². The van der Waals surface area contributed by atoms with Crippen LogP contribution in [0.3, 0.4) is 0 Å². The van der Waals surface area contributed by atoms with Gasteiger partial charge in [0.25, 0.3) is 0 Å². The highest BCUT2D eigenvalue weighted by Gasteiger charge is 2.17. The molecule has 0 aliphatic rings. The number of carbonyl (C=O) groups is 1. The van der Waals surface area contributed by atoms with Crippen molar-refractivity contribution in [3.63, 3.8) is 0 Å². The van der Waals surface area contributed by atoms with Crippen molar-refractivity contribution in [2.24, 2.45) is 5.92 Å². The molecule has 56 valence electrons. The topological polar surface area (TPSA) is 77.8 Å². The fourth-order valence-electron chi connectivity index (χ4n) is 0.128. The lowest BCUT2D eigenvalue weighted by atomic mass is 10.2. The Morgan fingerprint density at radius 3 is 1.78 bits per heavy atom. The van der Waals surface area contributed by atoms with Crippen molar-refractivity contribution in [3.05, 3.63) is 0 Å². The third-order valence-corrected chi connectivity index (χ3v) is 0.837. The Bertz CT molecular complexity index is 89.0. The number of hydrogen-bond donors (Lipinski definition) is 3. The quantitative estimate of drug-likeness (QED) is 0.453. The zero-order chi connectivity index (χ0) is 6.73. The van der Waals surface area contributed by atoms with E-state index in [0.29, 0.717) is 0 Å². The maximum Gasteiger partial charge on any atom is 0.311 e. The zero-order valence-corrected chi connectivity index (χ0v) is 4.40. The van der Waals surface area contributed by atoms with Gasteiger partial charge in [-0.15, -0.1) is 0 Å². The lowest BCUT2D eigenvalue weighted by molar-refractivity contribution is -0.156. The van der Waals surface area contributed by atoms with Crippen LogP contribution in [0.5, 0.6) is 0 Å². The third-order valence-electron chi connectivity index (χ3n) is 0.837. The summed E-state index contributed by atoms with van der Waals surface area (Å²) < 4.78 is 0. The highest BCUT2D eigenvalue weighted by Crippen LogP contribution is 1.97. The van der Waals surface area contributed by atoms with Gasteiger partial charge in [-0.1, -0.05) is 7.43 Å². The smallest absolute Gasteiger partial charge is 0.311 e. The molecule has 0 saturated heterocycles. The van der Waals surface area contributed by atoms with Gasteiger partial charge in [-0.05, 0) is 6.92 Å². The van der Waals surface area contributed by atoms with E-state index in [2.05, 4.69) is 0 Å². The lowest BCUT2D eigenvalue weighted by Gasteiger charge is -2.05. The molecule has 1 unspecified atom stereocenters. The molecule has 0 aliphatic carbocycles. The second kappa shape index (κ2) is 4.29. The van der Waals surface area contributed by atoms with Gasteiger partial charge in [0.15, 0.2) is 6.29 Å². The molecule has 9 heavy (non-hydrogen) atoms. The number of aliphatic hydroxyl groups is 2. The van der Waals surface area contributed by atoms with Crippen LogP contribution in [-0.2, 0) is 4.79 Å². The fourth-order valence-corrected chi connectivity index (χ4v) is 0.128. The molecule has 4 nitrogen and oxygen atoms in total. The van der Waals surface area contributed by atoms with E-state index in [4.69, 9.17) is 15.3 Å². The molecule has 3 N–H and O–H groups in total. The van der Waals surface area contributed by atoms with Crippen LogP contribution in [0.25, 0.3) is 0 Å². The fraction of sp³-hybridized carbons (Fsp3) is 0.800. The minimum Gasteiger partial charge on any atom is -0.481 e. The van der Waals surface area contributed by atoms with Gasteiger partial charge in [0.05, 0.1) is 0 Å². The van der Waals surface area contributed by atoms with E-state index in [0.717, 1.165) is 0 Å². The Balaban J connectivity index is 0. The van der Waals surface area contributed by atoms with Gasteiger partial charge >= 0.3 is 5.97 Å². The van der Waals surface area contributed by atoms with E-state index in [1.54, 1.807) is 0 Å². The van der Waals surface area contributed by atoms with Crippen molar-refractivity contribution in [1.29, 1.82) is 0 Å². The number of rotatable bonds is 2. The summed E-state index contributed by atoms with van der Waals surface area (Å²) >= 11 is 0. The van der Waals surface area contributed by atoms with Crippen LogP contribution in [-0.4, -0.2) is 27.6 Å². The largest absolute Gasteiger partial charge is 0.481 e. The Hall–Kier alpha value is -0.610. The molecule has 0 aromatic heterocycles. The Morgan fingerprint density at radius 2 is 1.78 bits per heavy atom. The molecule has 0 rings (SSSR count). The zero-order valence-electron chi connectivity index (χ0n) is 4.40. The summed E-state index contributed by atoms with van der Waals surface area (Å²) in [5.74, 6) is -2.31. The maximum atomic E-state index is 9.82. The summed E-state index contributed by atoms with van der Waals surface area (Å²) in [5.41, 5.74) is 0. The van der Waals surface area contributed by atoms with E-state index >= 15 is 0 Å². The standard InChI is InChI=1S/C4H8O4.CH4/c1-2(3(5)6)4(7)8;/h2-3,5-6H,1H3,(H,7,8);1H4. The first-order valence-electron chi connectivity index (χ1n) is 2.14. The van der Waals surface area contributed by atoms with Crippen LogP contribution < -0.4 is 0 Å². The summed E-state index contributed by atoms with van der Waals surface area (Å²) in [5, 5.41) is 24.4. The van der Waals surface area contributed by atoms with Crippen molar-refractivity contribution < 1.29 is 20.1 Å². The van der Waals surface area contributed by atoms with Crippen LogP contribution in [0.4, 0.5) is 0 Å². The van der Waals surface area contributed by atoms with Crippen LogP contribution in [0.1, 0.15) is 14.4 Å². The van der Waals surface area contributed by atoms with Crippen molar-refractivity contribution >= 4 is 5.97 Å². The van der Waals surface area contributed by atoms with Gasteiger partial charge in [0, 0.05) is 0 Å². The summed E-state index contributed by atoms with van der Waals surface area (Å²) in [6.07, 6.45) is -1.76. The van der Waals surface area contributed by atoms with Crippen LogP contribution in [0.2, 0.25) is 0 Å². The molecule has 0 aromatic carbocycles. The molecule has 4 heteroatoms. The highest BCUT2D eigenvalue weighted by molar-refractivity contribution is 5.69. The first kappa shape index (κ1) is 11.2. The molecule has 0 radical (unpaired) electrons. The molecule has 0 saturated carbocycles.